The van der Waals surface area contributed by atoms with Gasteiger partial charge in [-0.05, 0) is 37.5 Å². The van der Waals surface area contributed by atoms with Crippen molar-refractivity contribution in [1.82, 2.24) is 9.80 Å². The minimum Gasteiger partial charge on any atom is -0.497 e. The fourth-order valence-electron chi connectivity index (χ4n) is 3.67. The predicted molar refractivity (Wildman–Crippen MR) is 93.5 cm³/mol. The van der Waals surface area contributed by atoms with Gasteiger partial charge in [0.25, 0.3) is 0 Å². The molecule has 2 heterocycles. The van der Waals surface area contributed by atoms with Crippen LogP contribution in [-0.2, 0) is 4.79 Å². The van der Waals surface area contributed by atoms with Gasteiger partial charge in [-0.25, -0.2) is 4.39 Å². The van der Waals surface area contributed by atoms with Crippen LogP contribution in [0.5, 0.6) is 11.5 Å². The van der Waals surface area contributed by atoms with Gasteiger partial charge in [0.15, 0.2) is 0 Å². The molecule has 136 valence electrons. The standard InChI is InChI=1S/C19H25FN2O3/c1-24-15-7-8-18(25-2)16(11-15)17-6-4-10-22(17)19(23)13-21-9-3-5-14(20)12-21/h5,7-8,11,17H,3-4,6,9-10,12-13H2,1-2H3. The number of hydrogen-bond donors (Lipinski definition) is 0. The van der Waals surface area contributed by atoms with Crippen LogP contribution < -0.4 is 9.47 Å². The molecule has 0 saturated carbocycles. The molecular weight excluding hydrogens is 323 g/mol. The van der Waals surface area contributed by atoms with Crippen LogP contribution in [0.2, 0.25) is 0 Å². The van der Waals surface area contributed by atoms with Crippen LogP contribution in [0.3, 0.4) is 0 Å². The van der Waals surface area contributed by atoms with Crippen LogP contribution in [0.15, 0.2) is 30.1 Å². The van der Waals surface area contributed by atoms with E-state index in [9.17, 15) is 9.18 Å². The Labute approximate surface area is 148 Å². The van der Waals surface area contributed by atoms with E-state index in [0.717, 1.165) is 43.0 Å². The number of benzene rings is 1. The van der Waals surface area contributed by atoms with Gasteiger partial charge in [-0.15, -0.1) is 0 Å². The first-order valence-corrected chi connectivity index (χ1v) is 8.70. The molecule has 1 unspecified atom stereocenters. The Balaban J connectivity index is 1.76. The van der Waals surface area contributed by atoms with E-state index in [1.54, 1.807) is 20.3 Å². The normalized spacial score (nSPS) is 21.2. The zero-order valence-corrected chi connectivity index (χ0v) is 14.8. The summed E-state index contributed by atoms with van der Waals surface area (Å²) in [5.41, 5.74) is 0.970. The number of carbonyl (C=O) groups excluding carboxylic acids is 1. The molecule has 0 aliphatic carbocycles. The number of carbonyl (C=O) groups is 1. The summed E-state index contributed by atoms with van der Waals surface area (Å²) < 4.78 is 24.3. The van der Waals surface area contributed by atoms with Crippen molar-refractivity contribution in [3.05, 3.63) is 35.7 Å². The highest BCUT2D eigenvalue weighted by molar-refractivity contribution is 5.79. The number of methoxy groups -OCH3 is 2. The van der Waals surface area contributed by atoms with Crippen molar-refractivity contribution in [3.8, 4) is 11.5 Å². The number of hydrogen-bond acceptors (Lipinski definition) is 4. The van der Waals surface area contributed by atoms with Crippen molar-refractivity contribution in [3.63, 3.8) is 0 Å². The lowest BCUT2D eigenvalue weighted by atomic mass is 10.0. The van der Waals surface area contributed by atoms with E-state index < -0.39 is 0 Å². The molecule has 6 heteroatoms. The second-order valence-corrected chi connectivity index (χ2v) is 6.50. The topological polar surface area (TPSA) is 42.0 Å². The summed E-state index contributed by atoms with van der Waals surface area (Å²) in [6.07, 6.45) is 4.10. The van der Waals surface area contributed by atoms with Gasteiger partial charge < -0.3 is 14.4 Å². The Morgan fingerprint density at radius 2 is 2.12 bits per heavy atom. The number of amides is 1. The van der Waals surface area contributed by atoms with Gasteiger partial charge >= 0.3 is 0 Å². The maximum Gasteiger partial charge on any atom is 0.237 e. The van der Waals surface area contributed by atoms with E-state index in [4.69, 9.17) is 9.47 Å². The van der Waals surface area contributed by atoms with E-state index in [2.05, 4.69) is 0 Å². The molecule has 2 aliphatic heterocycles. The summed E-state index contributed by atoms with van der Waals surface area (Å²) in [6.45, 7) is 1.92. The van der Waals surface area contributed by atoms with Gasteiger partial charge in [-0.2, -0.15) is 0 Å². The van der Waals surface area contributed by atoms with Crippen LogP contribution in [0.4, 0.5) is 4.39 Å². The van der Waals surface area contributed by atoms with Gasteiger partial charge in [-0.3, -0.25) is 9.69 Å². The maximum atomic E-state index is 13.4. The molecule has 1 aromatic carbocycles. The molecule has 1 fully saturated rings. The van der Waals surface area contributed by atoms with Crippen LogP contribution in [0.1, 0.15) is 30.9 Å². The molecule has 1 amide bonds. The van der Waals surface area contributed by atoms with E-state index in [1.165, 1.54) is 0 Å². The molecule has 2 aliphatic rings. The third kappa shape index (κ3) is 3.95. The van der Waals surface area contributed by atoms with Crippen molar-refractivity contribution in [2.24, 2.45) is 0 Å². The molecule has 1 saturated heterocycles. The molecule has 5 nitrogen and oxygen atoms in total. The average molecular weight is 348 g/mol. The van der Waals surface area contributed by atoms with E-state index >= 15 is 0 Å². The summed E-state index contributed by atoms with van der Waals surface area (Å²) in [6, 6.07) is 5.65. The van der Waals surface area contributed by atoms with E-state index in [0.29, 0.717) is 6.42 Å². The Morgan fingerprint density at radius 3 is 2.84 bits per heavy atom. The van der Waals surface area contributed by atoms with E-state index in [-0.39, 0.29) is 30.9 Å². The Kier molecular flexibility index (Phi) is 5.58. The summed E-state index contributed by atoms with van der Waals surface area (Å²) in [5, 5.41) is 0. The molecule has 0 aromatic heterocycles. The monoisotopic (exact) mass is 348 g/mol. The molecule has 0 spiro atoms. The van der Waals surface area contributed by atoms with E-state index in [1.807, 2.05) is 28.0 Å². The first-order valence-electron chi connectivity index (χ1n) is 8.70. The predicted octanol–water partition coefficient (Wildman–Crippen LogP) is 2.93. The molecule has 0 bridgehead atoms. The highest BCUT2D eigenvalue weighted by Crippen LogP contribution is 2.39. The summed E-state index contributed by atoms with van der Waals surface area (Å²) in [4.78, 5) is 16.6. The largest absolute Gasteiger partial charge is 0.497 e. The summed E-state index contributed by atoms with van der Waals surface area (Å²) in [5.74, 6) is 1.41. The Bertz CT molecular complexity index is 662. The van der Waals surface area contributed by atoms with Gasteiger partial charge in [0.2, 0.25) is 5.91 Å². The second kappa shape index (κ2) is 7.87. The minimum atomic E-state index is -0.147. The first-order chi connectivity index (χ1) is 12.1. The lowest BCUT2D eigenvalue weighted by Crippen LogP contribution is -2.41. The van der Waals surface area contributed by atoms with Crippen molar-refractivity contribution < 1.29 is 18.7 Å². The Morgan fingerprint density at radius 1 is 1.28 bits per heavy atom. The van der Waals surface area contributed by atoms with Crippen molar-refractivity contribution >= 4 is 5.91 Å². The first kappa shape index (κ1) is 17.7. The SMILES string of the molecule is COc1ccc(OC)c(C2CCCN2C(=O)CN2CCC=C(F)C2)c1. The third-order valence-corrected chi connectivity index (χ3v) is 4.91. The number of rotatable bonds is 5. The van der Waals surface area contributed by atoms with Crippen LogP contribution in [-0.4, -0.2) is 56.1 Å². The lowest BCUT2D eigenvalue weighted by Gasteiger charge is -2.30. The van der Waals surface area contributed by atoms with Crippen molar-refractivity contribution in [2.45, 2.75) is 25.3 Å². The second-order valence-electron chi connectivity index (χ2n) is 6.50. The third-order valence-electron chi connectivity index (χ3n) is 4.91. The lowest BCUT2D eigenvalue weighted by molar-refractivity contribution is -0.133. The average Bonchev–Trinajstić information content (AvgIpc) is 3.11. The van der Waals surface area contributed by atoms with Crippen molar-refractivity contribution in [1.29, 1.82) is 0 Å². The summed E-state index contributed by atoms with van der Waals surface area (Å²) in [7, 11) is 3.26. The number of halogens is 1. The van der Waals surface area contributed by atoms with Gasteiger partial charge in [0.05, 0.1) is 33.4 Å². The molecule has 3 rings (SSSR count). The quantitative estimate of drug-likeness (QED) is 0.820. The molecule has 1 aromatic rings. The van der Waals surface area contributed by atoms with Gasteiger partial charge in [0.1, 0.15) is 17.3 Å². The van der Waals surface area contributed by atoms with Crippen LogP contribution >= 0.6 is 0 Å². The fourth-order valence-corrected chi connectivity index (χ4v) is 3.67. The Hall–Kier alpha value is -2.08. The van der Waals surface area contributed by atoms with Gasteiger partial charge in [0, 0.05) is 18.7 Å². The number of nitrogens with zero attached hydrogens (tertiary/aromatic N) is 2. The number of ether oxygens (including phenoxy) is 2. The minimum absolute atomic E-state index is 0.0253. The maximum absolute atomic E-state index is 13.4. The van der Waals surface area contributed by atoms with Crippen LogP contribution in [0.25, 0.3) is 0 Å². The zero-order valence-electron chi connectivity index (χ0n) is 14.8. The number of likely N-dealkylation sites (tertiary alicyclic amines) is 1. The smallest absolute Gasteiger partial charge is 0.237 e. The summed E-state index contributed by atoms with van der Waals surface area (Å²) >= 11 is 0. The molecule has 0 N–H and O–H groups in total. The fraction of sp³-hybridized carbons (Fsp3) is 0.526. The van der Waals surface area contributed by atoms with Crippen LogP contribution in [0, 0.1) is 0 Å². The molecule has 1 atom stereocenters. The molecular formula is C19H25FN2O3. The highest BCUT2D eigenvalue weighted by atomic mass is 19.1. The molecule has 25 heavy (non-hydrogen) atoms. The van der Waals surface area contributed by atoms with Gasteiger partial charge in [-0.1, -0.05) is 6.08 Å². The zero-order chi connectivity index (χ0) is 17.8. The van der Waals surface area contributed by atoms with Crippen molar-refractivity contribution in [2.75, 3.05) is 40.4 Å². The molecule has 0 radical (unpaired) electrons. The highest BCUT2D eigenvalue weighted by Gasteiger charge is 2.33.